The highest BCUT2D eigenvalue weighted by Crippen LogP contribution is 2.17. The number of carbonyl (C=O) groups is 1. The first-order valence-electron chi connectivity index (χ1n) is 5.92. The van der Waals surface area contributed by atoms with Gasteiger partial charge >= 0.3 is 6.61 Å². The third-order valence-corrected chi connectivity index (χ3v) is 3.72. The fourth-order valence-corrected chi connectivity index (χ4v) is 2.51. The number of alkyl halides is 2. The summed E-state index contributed by atoms with van der Waals surface area (Å²) in [4.78, 5) is 13.0. The van der Waals surface area contributed by atoms with Gasteiger partial charge in [-0.25, -0.2) is 0 Å². The summed E-state index contributed by atoms with van der Waals surface area (Å²) >= 11 is 1.56. The van der Waals surface area contributed by atoms with Crippen LogP contribution < -0.4 is 10.1 Å². The quantitative estimate of drug-likeness (QED) is 0.916. The van der Waals surface area contributed by atoms with Crippen LogP contribution in [0.15, 0.2) is 35.7 Å². The maximum absolute atomic E-state index is 12.1. The van der Waals surface area contributed by atoms with Crippen molar-refractivity contribution in [1.29, 1.82) is 0 Å². The minimum atomic E-state index is -2.90. The van der Waals surface area contributed by atoms with E-state index < -0.39 is 6.61 Å². The number of nitrogens with one attached hydrogen (secondary N) is 1. The maximum atomic E-state index is 12.1. The molecule has 1 aromatic heterocycles. The van der Waals surface area contributed by atoms with Crippen LogP contribution in [-0.2, 0) is 6.54 Å². The van der Waals surface area contributed by atoms with Gasteiger partial charge < -0.3 is 10.1 Å². The van der Waals surface area contributed by atoms with E-state index in [4.69, 9.17) is 0 Å². The SMILES string of the molecule is Cc1ccsc1CNC(=O)c1cccc(OC(F)F)c1. The summed E-state index contributed by atoms with van der Waals surface area (Å²) in [6.07, 6.45) is 0. The number of benzene rings is 1. The number of rotatable bonds is 5. The van der Waals surface area contributed by atoms with Gasteiger partial charge in [0.05, 0.1) is 6.54 Å². The van der Waals surface area contributed by atoms with E-state index in [1.54, 1.807) is 17.4 Å². The van der Waals surface area contributed by atoms with E-state index in [9.17, 15) is 13.6 Å². The van der Waals surface area contributed by atoms with Crippen molar-refractivity contribution in [2.24, 2.45) is 0 Å². The first-order chi connectivity index (χ1) is 9.56. The number of carbonyl (C=O) groups excluding carboxylic acids is 1. The van der Waals surface area contributed by atoms with Crippen molar-refractivity contribution < 1.29 is 18.3 Å². The van der Waals surface area contributed by atoms with E-state index in [2.05, 4.69) is 10.1 Å². The van der Waals surface area contributed by atoms with Crippen molar-refractivity contribution >= 4 is 17.2 Å². The van der Waals surface area contributed by atoms with Gasteiger partial charge in [0.1, 0.15) is 5.75 Å². The van der Waals surface area contributed by atoms with Gasteiger partial charge in [-0.2, -0.15) is 8.78 Å². The molecule has 0 saturated carbocycles. The van der Waals surface area contributed by atoms with E-state index in [0.717, 1.165) is 10.4 Å². The van der Waals surface area contributed by atoms with Crippen molar-refractivity contribution in [2.45, 2.75) is 20.1 Å². The van der Waals surface area contributed by atoms with Crippen molar-refractivity contribution in [3.8, 4) is 5.75 Å². The number of aryl methyl sites for hydroxylation is 1. The molecule has 1 N–H and O–H groups in total. The second-order valence-electron chi connectivity index (χ2n) is 4.12. The monoisotopic (exact) mass is 297 g/mol. The zero-order valence-corrected chi connectivity index (χ0v) is 11.5. The second-order valence-corrected chi connectivity index (χ2v) is 5.12. The molecule has 0 aliphatic carbocycles. The molecule has 0 spiro atoms. The molecule has 3 nitrogen and oxygen atoms in total. The third-order valence-electron chi connectivity index (χ3n) is 2.70. The molecule has 0 saturated heterocycles. The van der Waals surface area contributed by atoms with Gasteiger partial charge in [-0.3, -0.25) is 4.79 Å². The predicted molar refractivity (Wildman–Crippen MR) is 73.3 cm³/mol. The summed E-state index contributed by atoms with van der Waals surface area (Å²) in [5.41, 5.74) is 1.41. The number of thiophene rings is 1. The Morgan fingerprint density at radius 2 is 2.20 bits per heavy atom. The molecule has 0 radical (unpaired) electrons. The summed E-state index contributed by atoms with van der Waals surface area (Å²) in [5.74, 6) is -0.350. The molecule has 2 aromatic rings. The number of amides is 1. The van der Waals surface area contributed by atoms with Crippen molar-refractivity contribution in [3.05, 3.63) is 51.7 Å². The molecule has 106 valence electrons. The molecule has 0 aliphatic rings. The predicted octanol–water partition coefficient (Wildman–Crippen LogP) is 3.59. The fourth-order valence-electron chi connectivity index (χ4n) is 1.66. The summed E-state index contributed by atoms with van der Waals surface area (Å²) < 4.78 is 28.5. The van der Waals surface area contributed by atoms with Crippen LogP contribution in [0, 0.1) is 6.92 Å². The summed E-state index contributed by atoms with van der Waals surface area (Å²) in [5, 5.41) is 4.70. The van der Waals surface area contributed by atoms with E-state index in [-0.39, 0.29) is 17.2 Å². The Hall–Kier alpha value is -1.95. The van der Waals surface area contributed by atoms with Gasteiger partial charge in [0, 0.05) is 10.4 Å². The highest BCUT2D eigenvalue weighted by Gasteiger charge is 2.10. The smallest absolute Gasteiger partial charge is 0.387 e. The molecule has 0 atom stereocenters. The number of halogens is 2. The van der Waals surface area contributed by atoms with Crippen LogP contribution in [-0.4, -0.2) is 12.5 Å². The molecule has 0 bridgehead atoms. The highest BCUT2D eigenvalue weighted by atomic mass is 32.1. The molecule has 1 aromatic carbocycles. The molecule has 1 amide bonds. The molecule has 1 heterocycles. The molecule has 6 heteroatoms. The maximum Gasteiger partial charge on any atom is 0.387 e. The Morgan fingerprint density at radius 1 is 1.40 bits per heavy atom. The normalized spacial score (nSPS) is 10.6. The van der Waals surface area contributed by atoms with E-state index in [0.29, 0.717) is 6.54 Å². The molecule has 2 rings (SSSR count). The molecular formula is C14H13F2NO2S. The lowest BCUT2D eigenvalue weighted by Crippen LogP contribution is -2.22. The third kappa shape index (κ3) is 3.77. The zero-order chi connectivity index (χ0) is 14.5. The Morgan fingerprint density at radius 3 is 2.85 bits per heavy atom. The minimum Gasteiger partial charge on any atom is -0.435 e. The van der Waals surface area contributed by atoms with Gasteiger partial charge in [0.25, 0.3) is 5.91 Å². The lowest BCUT2D eigenvalue weighted by atomic mass is 10.2. The van der Waals surface area contributed by atoms with Gasteiger partial charge in [-0.05, 0) is 42.1 Å². The Balaban J connectivity index is 2.00. The fraction of sp³-hybridized carbons (Fsp3) is 0.214. The van der Waals surface area contributed by atoms with Crippen molar-refractivity contribution in [3.63, 3.8) is 0 Å². The van der Waals surface area contributed by atoms with E-state index in [1.807, 2.05) is 18.4 Å². The van der Waals surface area contributed by atoms with E-state index >= 15 is 0 Å². The van der Waals surface area contributed by atoms with Crippen LogP contribution >= 0.6 is 11.3 Å². The molecule has 0 fully saturated rings. The Kier molecular flexibility index (Phi) is 4.68. The average molecular weight is 297 g/mol. The second kappa shape index (κ2) is 6.47. The van der Waals surface area contributed by atoms with Crippen LogP contribution in [0.25, 0.3) is 0 Å². The number of hydrogen-bond donors (Lipinski definition) is 1. The standard InChI is InChI=1S/C14H13F2NO2S/c1-9-5-6-20-12(9)8-17-13(18)10-3-2-4-11(7-10)19-14(15)16/h2-7,14H,8H2,1H3,(H,17,18). The van der Waals surface area contributed by atoms with E-state index in [1.165, 1.54) is 18.2 Å². The van der Waals surface area contributed by atoms with Crippen LogP contribution in [0.5, 0.6) is 5.75 Å². The van der Waals surface area contributed by atoms with Crippen LogP contribution in [0.1, 0.15) is 20.8 Å². The van der Waals surface area contributed by atoms with Crippen LogP contribution in [0.2, 0.25) is 0 Å². The summed E-state index contributed by atoms with van der Waals surface area (Å²) in [7, 11) is 0. The molecular weight excluding hydrogens is 284 g/mol. The van der Waals surface area contributed by atoms with Gasteiger partial charge in [-0.15, -0.1) is 11.3 Å². The Labute approximate surface area is 119 Å². The largest absolute Gasteiger partial charge is 0.435 e. The number of hydrogen-bond acceptors (Lipinski definition) is 3. The molecule has 0 aliphatic heterocycles. The molecule has 20 heavy (non-hydrogen) atoms. The van der Waals surface area contributed by atoms with Crippen LogP contribution in [0.3, 0.4) is 0 Å². The highest BCUT2D eigenvalue weighted by molar-refractivity contribution is 7.10. The summed E-state index contributed by atoms with van der Waals surface area (Å²) in [6.45, 7) is -0.515. The lowest BCUT2D eigenvalue weighted by molar-refractivity contribution is -0.0498. The first kappa shape index (κ1) is 14.5. The molecule has 0 unspecified atom stereocenters. The average Bonchev–Trinajstić information content (AvgIpc) is 2.81. The van der Waals surface area contributed by atoms with Crippen molar-refractivity contribution in [1.82, 2.24) is 5.32 Å². The van der Waals surface area contributed by atoms with Crippen LogP contribution in [0.4, 0.5) is 8.78 Å². The lowest BCUT2D eigenvalue weighted by Gasteiger charge is -2.07. The Bertz CT molecular complexity index is 598. The van der Waals surface area contributed by atoms with Gasteiger partial charge in [-0.1, -0.05) is 6.07 Å². The zero-order valence-electron chi connectivity index (χ0n) is 10.7. The first-order valence-corrected chi connectivity index (χ1v) is 6.80. The topological polar surface area (TPSA) is 38.3 Å². The van der Waals surface area contributed by atoms with Gasteiger partial charge in [0.15, 0.2) is 0 Å². The van der Waals surface area contributed by atoms with Gasteiger partial charge in [0.2, 0.25) is 0 Å². The summed E-state index contributed by atoms with van der Waals surface area (Å²) in [6, 6.07) is 7.70. The number of ether oxygens (including phenoxy) is 1. The van der Waals surface area contributed by atoms with Crippen molar-refractivity contribution in [2.75, 3.05) is 0 Å². The minimum absolute atomic E-state index is 0.0278.